The van der Waals surface area contributed by atoms with Gasteiger partial charge in [-0.2, -0.15) is 0 Å². The van der Waals surface area contributed by atoms with Crippen LogP contribution in [0.1, 0.15) is 6.92 Å². The molecule has 0 aliphatic carbocycles. The van der Waals surface area contributed by atoms with Gasteiger partial charge in [-0.1, -0.05) is 34.8 Å². The van der Waals surface area contributed by atoms with Crippen molar-refractivity contribution in [2.45, 2.75) is 16.7 Å². The third-order valence-corrected chi connectivity index (χ3v) is 1.39. The third-order valence-electron chi connectivity index (χ3n) is 0.830. The summed E-state index contributed by atoms with van der Waals surface area (Å²) in [5.74, 6) is 0. The molecular weight excluding hydrogens is 186 g/mol. The first-order valence-electron chi connectivity index (χ1n) is 2.32. The van der Waals surface area contributed by atoms with Crippen molar-refractivity contribution in [3.8, 4) is 0 Å². The van der Waals surface area contributed by atoms with E-state index in [9.17, 15) is 0 Å². The van der Waals surface area contributed by atoms with Crippen molar-refractivity contribution in [1.82, 2.24) is 0 Å². The van der Waals surface area contributed by atoms with Gasteiger partial charge in [0.2, 0.25) is 9.77 Å². The summed E-state index contributed by atoms with van der Waals surface area (Å²) in [5, 5.41) is -1.16. The van der Waals surface area contributed by atoms with Crippen LogP contribution in [0.15, 0.2) is 0 Å². The molecule has 0 aromatic heterocycles. The van der Waals surface area contributed by atoms with E-state index in [2.05, 4.69) is 0 Å². The van der Waals surface area contributed by atoms with Gasteiger partial charge in [0, 0.05) is 6.92 Å². The highest BCUT2D eigenvalue weighted by Gasteiger charge is 2.44. The first-order chi connectivity index (χ1) is 3.91. The summed E-state index contributed by atoms with van der Waals surface area (Å²) in [5.41, 5.74) is 0. The lowest BCUT2D eigenvalue weighted by atomic mass is 10.8. The average Bonchev–Trinajstić information content (AvgIpc) is 1.78. The summed E-state index contributed by atoms with van der Waals surface area (Å²) in [6, 6.07) is 0. The first-order valence-corrected chi connectivity index (χ1v) is 3.46. The fourth-order valence-electron chi connectivity index (χ4n) is 0.539. The molecule has 1 aliphatic rings. The molecule has 2 nitrogen and oxygen atoms in total. The Morgan fingerprint density at radius 2 is 1.89 bits per heavy atom. The van der Waals surface area contributed by atoms with Crippen LogP contribution in [0.25, 0.3) is 0 Å². The number of rotatable bonds is 0. The van der Waals surface area contributed by atoms with Crippen molar-refractivity contribution in [1.29, 1.82) is 0 Å². The zero-order valence-corrected chi connectivity index (χ0v) is 6.93. The highest BCUT2D eigenvalue weighted by atomic mass is 35.5. The van der Waals surface area contributed by atoms with Gasteiger partial charge < -0.3 is 4.74 Å². The second kappa shape index (κ2) is 2.14. The Bertz CT molecular complexity index is 109. The van der Waals surface area contributed by atoms with Crippen LogP contribution in [-0.2, 0) is 9.47 Å². The van der Waals surface area contributed by atoms with Gasteiger partial charge in [-0.05, 0) is 0 Å². The van der Waals surface area contributed by atoms with Gasteiger partial charge in [0.1, 0.15) is 6.61 Å². The van der Waals surface area contributed by atoms with Crippen molar-refractivity contribution in [2.24, 2.45) is 0 Å². The lowest BCUT2D eigenvalue weighted by Crippen LogP contribution is -2.20. The van der Waals surface area contributed by atoms with Gasteiger partial charge in [-0.3, -0.25) is 4.74 Å². The topological polar surface area (TPSA) is 18.5 Å². The number of hydrogen-bond acceptors (Lipinski definition) is 2. The molecule has 1 atom stereocenters. The summed E-state index contributed by atoms with van der Waals surface area (Å²) < 4.78 is 8.36. The molecule has 1 unspecified atom stereocenters. The molecule has 1 fully saturated rings. The predicted octanol–water partition coefficient (Wildman–Crippen LogP) is 2.08. The van der Waals surface area contributed by atoms with E-state index >= 15 is 0 Å². The quantitative estimate of drug-likeness (QED) is 0.546. The number of halogens is 3. The van der Waals surface area contributed by atoms with E-state index in [1.54, 1.807) is 0 Å². The first kappa shape index (κ1) is 7.89. The van der Waals surface area contributed by atoms with E-state index in [1.165, 1.54) is 6.92 Å². The van der Waals surface area contributed by atoms with Crippen LogP contribution in [0.3, 0.4) is 0 Å². The standard InChI is InChI=1S/C4H5Cl3O2/c1-3(5)8-2-4(6,7)9-3/h2H2,1H3. The normalized spacial score (nSPS) is 41.3. The van der Waals surface area contributed by atoms with Crippen LogP contribution in [0.2, 0.25) is 0 Å². The van der Waals surface area contributed by atoms with E-state index < -0.39 is 9.77 Å². The minimum Gasteiger partial charge on any atom is -0.332 e. The van der Waals surface area contributed by atoms with Gasteiger partial charge in [-0.25, -0.2) is 0 Å². The van der Waals surface area contributed by atoms with E-state index in [1.807, 2.05) is 0 Å². The molecule has 0 N–H and O–H groups in total. The Hall–Kier alpha value is 0.790. The average molecular weight is 191 g/mol. The molecule has 1 saturated heterocycles. The highest BCUT2D eigenvalue weighted by molar-refractivity contribution is 6.47. The lowest BCUT2D eigenvalue weighted by molar-refractivity contribution is -0.0779. The van der Waals surface area contributed by atoms with Crippen LogP contribution >= 0.6 is 34.8 Å². The van der Waals surface area contributed by atoms with Crippen LogP contribution in [0, 0.1) is 0 Å². The Balaban J connectivity index is 2.58. The minimum absolute atomic E-state index is 0.0934. The van der Waals surface area contributed by atoms with E-state index in [-0.39, 0.29) is 6.61 Å². The SMILES string of the molecule is CC1(Cl)OCC(Cl)(Cl)O1. The molecule has 1 rings (SSSR count). The molecule has 0 spiro atoms. The van der Waals surface area contributed by atoms with Crippen LogP contribution in [0.4, 0.5) is 0 Å². The second-order valence-corrected chi connectivity index (χ2v) is 3.96. The van der Waals surface area contributed by atoms with Crippen molar-refractivity contribution >= 4 is 34.8 Å². The molecule has 5 heteroatoms. The summed E-state index contributed by atoms with van der Waals surface area (Å²) in [6.07, 6.45) is 0. The Labute approximate surface area is 68.0 Å². The van der Waals surface area contributed by atoms with Crippen molar-refractivity contribution in [3.05, 3.63) is 0 Å². The molecule has 0 bridgehead atoms. The van der Waals surface area contributed by atoms with Crippen molar-refractivity contribution in [3.63, 3.8) is 0 Å². The molecule has 0 aromatic carbocycles. The maximum absolute atomic E-state index is 5.54. The van der Waals surface area contributed by atoms with Crippen molar-refractivity contribution < 1.29 is 9.47 Å². The lowest BCUT2D eigenvalue weighted by Gasteiger charge is -2.14. The fourth-order valence-corrected chi connectivity index (χ4v) is 1.21. The largest absolute Gasteiger partial charge is 0.332 e. The van der Waals surface area contributed by atoms with Gasteiger partial charge in [0.05, 0.1) is 0 Å². The molecule has 9 heavy (non-hydrogen) atoms. The molecule has 0 radical (unpaired) electrons. The summed E-state index contributed by atoms with van der Waals surface area (Å²) >= 11 is 16.5. The van der Waals surface area contributed by atoms with Gasteiger partial charge >= 0.3 is 0 Å². The number of alkyl halides is 3. The zero-order chi connectivity index (χ0) is 7.12. The molecule has 0 amide bonds. The van der Waals surface area contributed by atoms with Crippen LogP contribution in [0.5, 0.6) is 0 Å². The number of hydrogen-bond donors (Lipinski definition) is 0. The van der Waals surface area contributed by atoms with Gasteiger partial charge in [-0.15, -0.1) is 0 Å². The Kier molecular flexibility index (Phi) is 1.88. The number of ether oxygens (including phenoxy) is 2. The molecule has 1 heterocycles. The Morgan fingerprint density at radius 3 is 2.00 bits per heavy atom. The van der Waals surface area contributed by atoms with Gasteiger partial charge in [0.15, 0.2) is 0 Å². The van der Waals surface area contributed by atoms with Gasteiger partial charge in [0.25, 0.3) is 0 Å². The summed E-state index contributed by atoms with van der Waals surface area (Å²) in [7, 11) is 0. The van der Waals surface area contributed by atoms with Crippen LogP contribution in [-0.4, -0.2) is 16.4 Å². The predicted molar refractivity (Wildman–Crippen MR) is 35.7 cm³/mol. The highest BCUT2D eigenvalue weighted by Crippen LogP contribution is 2.39. The van der Waals surface area contributed by atoms with Crippen molar-refractivity contribution in [2.75, 3.05) is 6.61 Å². The maximum atomic E-state index is 5.54. The third kappa shape index (κ3) is 2.13. The molecule has 0 aromatic rings. The van der Waals surface area contributed by atoms with E-state index in [4.69, 9.17) is 44.3 Å². The molecule has 54 valence electrons. The summed E-state index contributed by atoms with van der Waals surface area (Å²) in [4.78, 5) is 0. The molecular formula is C4H5Cl3O2. The smallest absolute Gasteiger partial charge is 0.248 e. The molecule has 1 aliphatic heterocycles. The maximum Gasteiger partial charge on any atom is 0.248 e. The van der Waals surface area contributed by atoms with E-state index in [0.717, 1.165) is 0 Å². The van der Waals surface area contributed by atoms with E-state index in [0.29, 0.717) is 0 Å². The van der Waals surface area contributed by atoms with Crippen LogP contribution < -0.4 is 0 Å². The second-order valence-electron chi connectivity index (χ2n) is 1.86. The fraction of sp³-hybridized carbons (Fsp3) is 1.00. The molecule has 0 saturated carbocycles. The zero-order valence-electron chi connectivity index (χ0n) is 4.66. The Morgan fingerprint density at radius 1 is 1.33 bits per heavy atom. The summed E-state index contributed by atoms with van der Waals surface area (Å²) in [6.45, 7) is 1.62. The minimum atomic E-state index is -1.28. The monoisotopic (exact) mass is 190 g/mol.